The highest BCUT2D eigenvalue weighted by atomic mass is 16.3. The summed E-state index contributed by atoms with van der Waals surface area (Å²) < 4.78 is 0. The van der Waals surface area contributed by atoms with E-state index in [0.717, 1.165) is 38.0 Å². The van der Waals surface area contributed by atoms with Crippen molar-refractivity contribution in [2.75, 3.05) is 0 Å². The van der Waals surface area contributed by atoms with Gasteiger partial charge in [0, 0.05) is 0 Å². The van der Waals surface area contributed by atoms with Gasteiger partial charge in [0.15, 0.2) is 0 Å². The van der Waals surface area contributed by atoms with Gasteiger partial charge in [0.1, 0.15) is 0 Å². The minimum Gasteiger partial charge on any atom is -0.393 e. The van der Waals surface area contributed by atoms with Crippen molar-refractivity contribution in [3.63, 3.8) is 0 Å². The second-order valence-electron chi connectivity index (χ2n) is 12.8. The SMILES string of the molecule is CC(C)CCC[C@@H](C)[C@H]1CC[C@H]2[C@H]3C(C[C@@H](O)[C@]12C)[C@@]1(C)CC[C@@H](O)C[C@H]1C[C@H]3O. The molecule has 0 heterocycles. The Bertz CT molecular complexity index is 605. The van der Waals surface area contributed by atoms with Gasteiger partial charge in [0.2, 0.25) is 0 Å². The highest BCUT2D eigenvalue weighted by Gasteiger charge is 2.65. The van der Waals surface area contributed by atoms with E-state index < -0.39 is 0 Å². The molecule has 11 atom stereocenters. The van der Waals surface area contributed by atoms with Crippen LogP contribution < -0.4 is 0 Å². The van der Waals surface area contributed by atoms with Crippen molar-refractivity contribution in [1.29, 1.82) is 0 Å². The Kier molecular flexibility index (Phi) is 6.41. The number of fused-ring (bicyclic) bond motifs is 5. The molecule has 3 heteroatoms. The third-order valence-corrected chi connectivity index (χ3v) is 11.0. The van der Waals surface area contributed by atoms with Gasteiger partial charge in [-0.15, -0.1) is 0 Å². The fourth-order valence-electron chi connectivity index (χ4n) is 9.18. The lowest BCUT2D eigenvalue weighted by Gasteiger charge is -2.63. The van der Waals surface area contributed by atoms with Crippen molar-refractivity contribution in [3.05, 3.63) is 0 Å². The van der Waals surface area contributed by atoms with E-state index in [2.05, 4.69) is 34.6 Å². The topological polar surface area (TPSA) is 60.7 Å². The van der Waals surface area contributed by atoms with Crippen LogP contribution in [0.1, 0.15) is 98.8 Å². The molecular formula is C27H48O3. The Labute approximate surface area is 185 Å². The number of hydrogen-bond donors (Lipinski definition) is 3. The largest absolute Gasteiger partial charge is 0.393 e. The molecule has 4 fully saturated rings. The molecule has 4 saturated carbocycles. The van der Waals surface area contributed by atoms with Crippen molar-refractivity contribution in [1.82, 2.24) is 0 Å². The molecule has 0 aromatic rings. The van der Waals surface area contributed by atoms with Crippen LogP contribution in [0.15, 0.2) is 0 Å². The third-order valence-electron chi connectivity index (χ3n) is 11.0. The smallest absolute Gasteiger partial charge is 0.0602 e. The molecule has 0 radical (unpaired) electrons. The molecule has 0 aromatic carbocycles. The molecular weight excluding hydrogens is 372 g/mol. The molecule has 4 aliphatic carbocycles. The summed E-state index contributed by atoms with van der Waals surface area (Å²) in [6.45, 7) is 11.8. The molecule has 0 spiro atoms. The van der Waals surface area contributed by atoms with Crippen molar-refractivity contribution in [3.8, 4) is 0 Å². The molecule has 0 saturated heterocycles. The second-order valence-corrected chi connectivity index (χ2v) is 12.8. The van der Waals surface area contributed by atoms with Crippen LogP contribution in [0, 0.1) is 52.3 Å². The van der Waals surface area contributed by atoms with Gasteiger partial charge in [0.05, 0.1) is 18.3 Å². The third kappa shape index (κ3) is 3.59. The Hall–Kier alpha value is -0.120. The summed E-state index contributed by atoms with van der Waals surface area (Å²) >= 11 is 0. The van der Waals surface area contributed by atoms with E-state index in [1.54, 1.807) is 0 Å². The quantitative estimate of drug-likeness (QED) is 0.557. The maximum Gasteiger partial charge on any atom is 0.0602 e. The molecule has 0 aliphatic heterocycles. The van der Waals surface area contributed by atoms with E-state index >= 15 is 0 Å². The van der Waals surface area contributed by atoms with Gasteiger partial charge in [-0.1, -0.05) is 53.9 Å². The Morgan fingerprint density at radius 2 is 1.60 bits per heavy atom. The lowest BCUT2D eigenvalue weighted by molar-refractivity contribution is -0.207. The lowest BCUT2D eigenvalue weighted by Crippen LogP contribution is -2.62. The van der Waals surface area contributed by atoms with Crippen molar-refractivity contribution in [2.45, 2.75) is 117 Å². The normalized spacial score (nSPS) is 51.9. The summed E-state index contributed by atoms with van der Waals surface area (Å²) in [7, 11) is 0. The van der Waals surface area contributed by atoms with Gasteiger partial charge in [-0.3, -0.25) is 0 Å². The van der Waals surface area contributed by atoms with E-state index in [0.29, 0.717) is 35.5 Å². The predicted octanol–water partition coefficient (Wildman–Crippen LogP) is 5.41. The molecule has 4 rings (SSSR count). The molecule has 3 N–H and O–H groups in total. The van der Waals surface area contributed by atoms with Crippen LogP contribution in [0.2, 0.25) is 0 Å². The van der Waals surface area contributed by atoms with E-state index in [1.165, 1.54) is 32.1 Å². The molecule has 4 aliphatic rings. The van der Waals surface area contributed by atoms with Crippen LogP contribution in [0.3, 0.4) is 0 Å². The van der Waals surface area contributed by atoms with Crippen LogP contribution in [-0.2, 0) is 0 Å². The number of rotatable bonds is 5. The molecule has 1 unspecified atom stereocenters. The van der Waals surface area contributed by atoms with Gasteiger partial charge in [-0.05, 0) is 97.2 Å². The Morgan fingerprint density at radius 1 is 0.867 bits per heavy atom. The van der Waals surface area contributed by atoms with Crippen LogP contribution in [0.4, 0.5) is 0 Å². The zero-order valence-corrected chi connectivity index (χ0v) is 20.2. The molecule has 30 heavy (non-hydrogen) atoms. The van der Waals surface area contributed by atoms with E-state index in [-0.39, 0.29) is 29.1 Å². The highest BCUT2D eigenvalue weighted by molar-refractivity contribution is 5.14. The maximum absolute atomic E-state index is 11.6. The van der Waals surface area contributed by atoms with Crippen molar-refractivity contribution < 1.29 is 15.3 Å². The highest BCUT2D eigenvalue weighted by Crippen LogP contribution is 2.68. The number of aliphatic hydroxyl groups is 3. The lowest BCUT2D eigenvalue weighted by atomic mass is 9.43. The summed E-state index contributed by atoms with van der Waals surface area (Å²) in [5, 5.41) is 33.2. The summed E-state index contributed by atoms with van der Waals surface area (Å²) in [4.78, 5) is 0. The Morgan fingerprint density at radius 3 is 2.30 bits per heavy atom. The van der Waals surface area contributed by atoms with Crippen LogP contribution in [0.25, 0.3) is 0 Å². The van der Waals surface area contributed by atoms with Crippen LogP contribution >= 0.6 is 0 Å². The molecule has 0 aromatic heterocycles. The zero-order chi connectivity index (χ0) is 21.8. The average Bonchev–Trinajstić information content (AvgIpc) is 3.02. The zero-order valence-electron chi connectivity index (χ0n) is 20.2. The van der Waals surface area contributed by atoms with Crippen molar-refractivity contribution in [2.24, 2.45) is 52.3 Å². The van der Waals surface area contributed by atoms with Crippen LogP contribution in [-0.4, -0.2) is 33.6 Å². The summed E-state index contributed by atoms with van der Waals surface area (Å²) in [5.74, 6) is 3.59. The monoisotopic (exact) mass is 420 g/mol. The number of hydrogen-bond acceptors (Lipinski definition) is 3. The fourth-order valence-corrected chi connectivity index (χ4v) is 9.18. The van der Waals surface area contributed by atoms with Gasteiger partial charge in [-0.2, -0.15) is 0 Å². The minimum absolute atomic E-state index is 0.0449. The van der Waals surface area contributed by atoms with Gasteiger partial charge in [0.25, 0.3) is 0 Å². The molecule has 174 valence electrons. The minimum atomic E-state index is -0.259. The summed E-state index contributed by atoms with van der Waals surface area (Å²) in [6.07, 6.45) is 10.0. The number of aliphatic hydroxyl groups excluding tert-OH is 3. The predicted molar refractivity (Wildman–Crippen MR) is 122 cm³/mol. The Balaban J connectivity index is 1.56. The van der Waals surface area contributed by atoms with E-state index in [4.69, 9.17) is 0 Å². The molecule has 0 bridgehead atoms. The average molecular weight is 421 g/mol. The fraction of sp³-hybridized carbons (Fsp3) is 1.00. The maximum atomic E-state index is 11.6. The first-order chi connectivity index (χ1) is 14.1. The van der Waals surface area contributed by atoms with E-state index in [1.807, 2.05) is 0 Å². The van der Waals surface area contributed by atoms with Gasteiger partial charge in [-0.25, -0.2) is 0 Å². The first-order valence-electron chi connectivity index (χ1n) is 13.1. The standard InChI is InChI=1S/C27H48O3/c1-16(2)7-6-8-17(3)20-9-10-21-25-22(15-24(30)27(20,21)5)26(4)12-11-19(28)13-18(26)14-23(25)29/h16-25,28-30H,6-15H2,1-5H3/t17-,18+,19-,20-,21+,22?,23-,24-,25+,26+,27-/m1/s1. The second kappa shape index (κ2) is 8.34. The molecule has 0 amide bonds. The van der Waals surface area contributed by atoms with Gasteiger partial charge < -0.3 is 15.3 Å². The van der Waals surface area contributed by atoms with E-state index in [9.17, 15) is 15.3 Å². The summed E-state index contributed by atoms with van der Waals surface area (Å²) in [5.41, 5.74) is 0.128. The van der Waals surface area contributed by atoms with Crippen LogP contribution in [0.5, 0.6) is 0 Å². The first kappa shape index (κ1) is 23.1. The van der Waals surface area contributed by atoms with Crippen molar-refractivity contribution >= 4 is 0 Å². The first-order valence-corrected chi connectivity index (χ1v) is 13.1. The van der Waals surface area contributed by atoms with Gasteiger partial charge >= 0.3 is 0 Å². The summed E-state index contributed by atoms with van der Waals surface area (Å²) in [6, 6.07) is 0. The molecule has 3 nitrogen and oxygen atoms in total.